The van der Waals surface area contributed by atoms with E-state index in [2.05, 4.69) is 25.9 Å². The van der Waals surface area contributed by atoms with Crippen molar-refractivity contribution in [1.29, 1.82) is 0 Å². The summed E-state index contributed by atoms with van der Waals surface area (Å²) < 4.78 is 31.6. The Bertz CT molecular complexity index is 1290. The number of rotatable bonds is 8. The van der Waals surface area contributed by atoms with Crippen LogP contribution in [0.3, 0.4) is 0 Å². The van der Waals surface area contributed by atoms with Crippen molar-refractivity contribution in [3.05, 3.63) is 53.4 Å². The predicted octanol–water partition coefficient (Wildman–Crippen LogP) is 5.37. The Morgan fingerprint density at radius 1 is 1.09 bits per heavy atom. The molecule has 3 aromatic heterocycles. The maximum Gasteiger partial charge on any atom is 0.233 e. The highest BCUT2D eigenvalue weighted by Gasteiger charge is 2.33. The minimum atomic E-state index is -0.691. The summed E-state index contributed by atoms with van der Waals surface area (Å²) in [5.74, 6) is 1.23. The molecule has 0 aliphatic heterocycles. The fourth-order valence-corrected chi connectivity index (χ4v) is 4.29. The number of benzene rings is 1. The van der Waals surface area contributed by atoms with Crippen molar-refractivity contribution in [3.63, 3.8) is 0 Å². The Kier molecular flexibility index (Phi) is 6.05. The lowest BCUT2D eigenvalue weighted by Crippen LogP contribution is -2.19. The lowest BCUT2D eigenvalue weighted by atomic mass is 10.1. The van der Waals surface area contributed by atoms with Crippen LogP contribution in [0.5, 0.6) is 0 Å². The standard InChI is InChI=1S/C23H25F2N9S/c1-12-9-18(31-30-12)27-22-19(13-5-6-13)21(26-17-7-8-33(2)32-17)28-23(29-22)34(3)20-15(24)10-14(35-4)11-16(20)25/h7-11,13H,5-6H2,1-4H3,(H3,26,27,28,29,30,31,32). The summed E-state index contributed by atoms with van der Waals surface area (Å²) in [5.41, 5.74) is 1.54. The molecule has 0 spiro atoms. The van der Waals surface area contributed by atoms with Gasteiger partial charge >= 0.3 is 0 Å². The summed E-state index contributed by atoms with van der Waals surface area (Å²) in [6.45, 7) is 1.90. The number of halogens is 2. The van der Waals surface area contributed by atoms with Gasteiger partial charge in [0, 0.05) is 48.6 Å². The van der Waals surface area contributed by atoms with Gasteiger partial charge in [-0.15, -0.1) is 11.8 Å². The number of hydrogen-bond acceptors (Lipinski definition) is 8. The van der Waals surface area contributed by atoms with Gasteiger partial charge in [-0.2, -0.15) is 20.2 Å². The van der Waals surface area contributed by atoms with Gasteiger partial charge in [-0.3, -0.25) is 9.78 Å². The van der Waals surface area contributed by atoms with Gasteiger partial charge < -0.3 is 15.5 Å². The van der Waals surface area contributed by atoms with E-state index in [9.17, 15) is 8.78 Å². The second kappa shape index (κ2) is 9.17. The highest BCUT2D eigenvalue weighted by Crippen LogP contribution is 2.47. The van der Waals surface area contributed by atoms with Crippen LogP contribution in [0.1, 0.15) is 30.0 Å². The second-order valence-electron chi connectivity index (χ2n) is 8.47. The molecule has 1 fully saturated rings. The zero-order valence-electron chi connectivity index (χ0n) is 19.7. The number of aryl methyl sites for hydroxylation is 2. The Labute approximate surface area is 205 Å². The minimum Gasteiger partial charge on any atom is -0.323 e. The van der Waals surface area contributed by atoms with Crippen LogP contribution in [0.15, 0.2) is 35.4 Å². The lowest BCUT2D eigenvalue weighted by Gasteiger charge is -2.22. The molecule has 0 radical (unpaired) electrons. The number of aromatic amines is 1. The first-order chi connectivity index (χ1) is 16.8. The van der Waals surface area contributed by atoms with E-state index in [1.807, 2.05) is 32.3 Å². The second-order valence-corrected chi connectivity index (χ2v) is 9.35. The first kappa shape index (κ1) is 23.1. The third-order valence-electron chi connectivity index (χ3n) is 5.69. The van der Waals surface area contributed by atoms with Crippen molar-refractivity contribution in [2.45, 2.75) is 30.6 Å². The number of hydrogen-bond donors (Lipinski definition) is 3. The zero-order chi connectivity index (χ0) is 24.7. The highest BCUT2D eigenvalue weighted by atomic mass is 32.2. The molecular formula is C23H25F2N9S. The van der Waals surface area contributed by atoms with E-state index in [1.165, 1.54) is 28.8 Å². The Morgan fingerprint density at radius 3 is 2.26 bits per heavy atom. The lowest BCUT2D eigenvalue weighted by molar-refractivity contribution is 0.577. The van der Waals surface area contributed by atoms with E-state index in [4.69, 9.17) is 9.97 Å². The third-order valence-corrected chi connectivity index (χ3v) is 6.40. The SMILES string of the molecule is CSc1cc(F)c(N(C)c2nc(Nc3cc(C)[nH]n3)c(C3CC3)c(Nc3ccn(C)n3)n2)c(F)c1. The molecule has 3 N–H and O–H groups in total. The van der Waals surface area contributed by atoms with Gasteiger partial charge in [-0.25, -0.2) is 8.78 Å². The van der Waals surface area contributed by atoms with Crippen LogP contribution in [-0.2, 0) is 7.05 Å². The number of nitrogens with zero attached hydrogens (tertiary/aromatic N) is 6. The molecule has 0 amide bonds. The number of anilines is 6. The molecule has 0 bridgehead atoms. The van der Waals surface area contributed by atoms with Crippen LogP contribution in [-0.4, -0.2) is 43.2 Å². The van der Waals surface area contributed by atoms with Crippen molar-refractivity contribution < 1.29 is 8.78 Å². The summed E-state index contributed by atoms with van der Waals surface area (Å²) in [7, 11) is 3.36. The summed E-state index contributed by atoms with van der Waals surface area (Å²) >= 11 is 1.27. The molecule has 9 nitrogen and oxygen atoms in total. The summed E-state index contributed by atoms with van der Waals surface area (Å²) in [4.78, 5) is 11.2. The topological polar surface area (TPSA) is 99.6 Å². The maximum atomic E-state index is 14.9. The van der Waals surface area contributed by atoms with E-state index in [1.54, 1.807) is 18.0 Å². The van der Waals surface area contributed by atoms with Crippen LogP contribution in [0.4, 0.5) is 43.7 Å². The largest absolute Gasteiger partial charge is 0.323 e. The Morgan fingerprint density at radius 2 is 1.74 bits per heavy atom. The van der Waals surface area contributed by atoms with Crippen molar-refractivity contribution >= 4 is 46.7 Å². The maximum absolute atomic E-state index is 14.9. The van der Waals surface area contributed by atoms with Crippen LogP contribution < -0.4 is 15.5 Å². The zero-order valence-corrected chi connectivity index (χ0v) is 20.5. The monoisotopic (exact) mass is 497 g/mol. The fraction of sp³-hybridized carbons (Fsp3) is 0.304. The molecule has 0 atom stereocenters. The Hall–Kier alpha value is -3.67. The first-order valence-electron chi connectivity index (χ1n) is 11.1. The molecule has 0 unspecified atom stereocenters. The van der Waals surface area contributed by atoms with Gasteiger partial charge in [0.15, 0.2) is 23.3 Å². The van der Waals surface area contributed by atoms with Crippen molar-refractivity contribution in [2.75, 3.05) is 28.8 Å². The van der Waals surface area contributed by atoms with E-state index in [-0.39, 0.29) is 17.6 Å². The first-order valence-corrected chi connectivity index (χ1v) is 12.3. The van der Waals surface area contributed by atoms with Crippen molar-refractivity contribution in [1.82, 2.24) is 29.9 Å². The van der Waals surface area contributed by atoms with Crippen LogP contribution >= 0.6 is 11.8 Å². The normalized spacial score (nSPS) is 13.2. The molecule has 0 saturated heterocycles. The molecule has 35 heavy (non-hydrogen) atoms. The number of H-pyrrole nitrogens is 1. The van der Waals surface area contributed by atoms with Gasteiger partial charge in [-0.1, -0.05) is 0 Å². The Balaban J connectivity index is 1.63. The molecule has 12 heteroatoms. The summed E-state index contributed by atoms with van der Waals surface area (Å²) in [6.07, 6.45) is 5.56. The van der Waals surface area contributed by atoms with Gasteiger partial charge in [0.1, 0.15) is 17.3 Å². The molecule has 1 aliphatic carbocycles. The number of nitrogens with one attached hydrogen (secondary N) is 3. The quantitative estimate of drug-likeness (QED) is 0.279. The third kappa shape index (κ3) is 4.78. The summed E-state index contributed by atoms with van der Waals surface area (Å²) in [6, 6.07) is 6.29. The van der Waals surface area contributed by atoms with Crippen molar-refractivity contribution in [2.24, 2.45) is 7.05 Å². The van der Waals surface area contributed by atoms with E-state index >= 15 is 0 Å². The van der Waals surface area contributed by atoms with E-state index < -0.39 is 11.6 Å². The van der Waals surface area contributed by atoms with Gasteiger partial charge in [-0.05, 0) is 44.1 Å². The van der Waals surface area contributed by atoms with E-state index in [0.717, 1.165) is 24.1 Å². The fourth-order valence-electron chi connectivity index (χ4n) is 3.84. The van der Waals surface area contributed by atoms with Gasteiger partial charge in [0.25, 0.3) is 0 Å². The van der Waals surface area contributed by atoms with Crippen LogP contribution in [0, 0.1) is 18.6 Å². The average molecular weight is 498 g/mol. The molecular weight excluding hydrogens is 472 g/mol. The molecule has 5 rings (SSSR count). The number of thioether (sulfide) groups is 1. The molecule has 1 aromatic carbocycles. The van der Waals surface area contributed by atoms with Crippen LogP contribution in [0.25, 0.3) is 0 Å². The molecule has 1 saturated carbocycles. The molecule has 4 aromatic rings. The number of aromatic nitrogens is 6. The molecule has 1 aliphatic rings. The van der Waals surface area contributed by atoms with E-state index in [0.29, 0.717) is 28.2 Å². The highest BCUT2D eigenvalue weighted by molar-refractivity contribution is 7.98. The smallest absolute Gasteiger partial charge is 0.233 e. The van der Waals surface area contributed by atoms with Crippen LogP contribution in [0.2, 0.25) is 0 Å². The molecule has 3 heterocycles. The average Bonchev–Trinajstić information content (AvgIpc) is 3.44. The minimum absolute atomic E-state index is 0.122. The van der Waals surface area contributed by atoms with Gasteiger partial charge in [0.05, 0.1) is 0 Å². The van der Waals surface area contributed by atoms with Gasteiger partial charge in [0.2, 0.25) is 5.95 Å². The predicted molar refractivity (Wildman–Crippen MR) is 133 cm³/mol. The van der Waals surface area contributed by atoms with Crippen molar-refractivity contribution in [3.8, 4) is 0 Å². The molecule has 182 valence electrons. The summed E-state index contributed by atoms with van der Waals surface area (Å²) in [5, 5.41) is 18.1.